The Hall–Kier alpha value is -3.28. The molecule has 120 valence electrons. The average molecular weight is 323 g/mol. The summed E-state index contributed by atoms with van der Waals surface area (Å²) < 4.78 is 21.0. The van der Waals surface area contributed by atoms with Crippen molar-refractivity contribution in [2.75, 3.05) is 13.9 Å². The molecule has 2 aromatic carbocycles. The molecule has 24 heavy (non-hydrogen) atoms. The summed E-state index contributed by atoms with van der Waals surface area (Å²) in [6.45, 7) is 0.188. The first-order valence-corrected chi connectivity index (χ1v) is 7.29. The second-order valence-corrected chi connectivity index (χ2v) is 5.18. The first kappa shape index (κ1) is 14.3. The molecule has 4 rings (SSSR count). The number of rotatable bonds is 3. The van der Waals surface area contributed by atoms with Crippen LogP contribution in [-0.2, 0) is 9.53 Å². The fourth-order valence-electron chi connectivity index (χ4n) is 2.42. The fourth-order valence-corrected chi connectivity index (χ4v) is 2.42. The van der Waals surface area contributed by atoms with E-state index in [2.05, 4.69) is 4.99 Å². The third-order valence-electron chi connectivity index (χ3n) is 3.66. The quantitative estimate of drug-likeness (QED) is 0.642. The van der Waals surface area contributed by atoms with Crippen LogP contribution < -0.4 is 14.2 Å². The van der Waals surface area contributed by atoms with Crippen molar-refractivity contribution >= 4 is 17.9 Å². The highest BCUT2D eigenvalue weighted by molar-refractivity contribution is 6.13. The smallest absolute Gasteiger partial charge is 0.363 e. The largest absolute Gasteiger partial charge is 0.497 e. The van der Waals surface area contributed by atoms with Gasteiger partial charge in [0, 0.05) is 5.56 Å². The van der Waals surface area contributed by atoms with E-state index in [0.717, 1.165) is 11.3 Å². The molecule has 0 spiro atoms. The van der Waals surface area contributed by atoms with Crippen molar-refractivity contribution in [1.82, 2.24) is 0 Å². The highest BCUT2D eigenvalue weighted by Crippen LogP contribution is 2.33. The van der Waals surface area contributed by atoms with Crippen molar-refractivity contribution in [3.8, 4) is 17.2 Å². The molecule has 0 radical (unpaired) electrons. The van der Waals surface area contributed by atoms with Gasteiger partial charge in [-0.25, -0.2) is 9.79 Å². The third-order valence-corrected chi connectivity index (χ3v) is 3.66. The molecule has 0 saturated carbocycles. The molecule has 2 heterocycles. The number of cyclic esters (lactones) is 1. The molecular formula is C18H13NO5. The SMILES string of the molecule is COc1ccc(C=C2N=C(c3ccc4c(c3)OCO4)OC2=O)cc1. The molecule has 0 amide bonds. The summed E-state index contributed by atoms with van der Waals surface area (Å²) >= 11 is 0. The summed E-state index contributed by atoms with van der Waals surface area (Å²) in [5, 5.41) is 0. The number of carbonyl (C=O) groups excluding carboxylic acids is 1. The Balaban J connectivity index is 1.63. The standard InChI is InChI=1S/C18H13NO5/c1-21-13-5-2-11(3-6-13)8-14-18(20)24-17(19-14)12-4-7-15-16(9-12)23-10-22-15/h2-9H,10H2,1H3. The molecule has 2 aromatic rings. The molecule has 0 aliphatic carbocycles. The van der Waals surface area contributed by atoms with Gasteiger partial charge in [0.25, 0.3) is 0 Å². The minimum absolute atomic E-state index is 0.188. The number of hydrogen-bond donors (Lipinski definition) is 0. The van der Waals surface area contributed by atoms with Crippen molar-refractivity contribution < 1.29 is 23.7 Å². The average Bonchev–Trinajstić information content (AvgIpc) is 3.22. The normalized spacial score (nSPS) is 17.0. The summed E-state index contributed by atoms with van der Waals surface area (Å²) in [4.78, 5) is 16.3. The monoisotopic (exact) mass is 323 g/mol. The van der Waals surface area contributed by atoms with Crippen molar-refractivity contribution in [3.63, 3.8) is 0 Å². The summed E-state index contributed by atoms with van der Waals surface area (Å²) in [7, 11) is 1.60. The number of esters is 1. The molecular weight excluding hydrogens is 310 g/mol. The van der Waals surface area contributed by atoms with Gasteiger partial charge in [0.15, 0.2) is 17.2 Å². The molecule has 2 aliphatic rings. The summed E-state index contributed by atoms with van der Waals surface area (Å²) in [6.07, 6.45) is 1.67. The second kappa shape index (κ2) is 5.73. The molecule has 0 unspecified atom stereocenters. The van der Waals surface area contributed by atoms with E-state index >= 15 is 0 Å². The molecule has 2 aliphatic heterocycles. The van der Waals surface area contributed by atoms with Gasteiger partial charge in [-0.3, -0.25) is 0 Å². The Morgan fingerprint density at radius 1 is 1.08 bits per heavy atom. The van der Waals surface area contributed by atoms with Crippen LogP contribution in [0.1, 0.15) is 11.1 Å². The first-order valence-electron chi connectivity index (χ1n) is 7.29. The van der Waals surface area contributed by atoms with Gasteiger partial charge in [0.1, 0.15) is 5.75 Å². The maximum Gasteiger partial charge on any atom is 0.363 e. The van der Waals surface area contributed by atoms with Crippen molar-refractivity contribution in [2.24, 2.45) is 4.99 Å². The van der Waals surface area contributed by atoms with Gasteiger partial charge < -0.3 is 18.9 Å². The Morgan fingerprint density at radius 3 is 2.67 bits per heavy atom. The van der Waals surface area contributed by atoms with Crippen molar-refractivity contribution in [1.29, 1.82) is 0 Å². The summed E-state index contributed by atoms with van der Waals surface area (Å²) in [6, 6.07) is 12.6. The molecule has 0 N–H and O–H groups in total. The van der Waals surface area contributed by atoms with Crippen LogP contribution >= 0.6 is 0 Å². The molecule has 0 atom stereocenters. The predicted octanol–water partition coefficient (Wildman–Crippen LogP) is 2.77. The van der Waals surface area contributed by atoms with Gasteiger partial charge in [-0.2, -0.15) is 0 Å². The molecule has 0 saturated heterocycles. The van der Waals surface area contributed by atoms with Gasteiger partial charge in [-0.1, -0.05) is 12.1 Å². The van der Waals surface area contributed by atoms with E-state index in [1.165, 1.54) is 0 Å². The zero-order chi connectivity index (χ0) is 16.5. The highest BCUT2D eigenvalue weighted by atomic mass is 16.7. The number of nitrogens with zero attached hydrogens (tertiary/aromatic N) is 1. The summed E-state index contributed by atoms with van der Waals surface area (Å²) in [5.74, 6) is 1.78. The molecule has 0 bridgehead atoms. The first-order chi connectivity index (χ1) is 11.7. The van der Waals surface area contributed by atoms with Gasteiger partial charge >= 0.3 is 5.97 Å². The number of fused-ring (bicyclic) bond motifs is 1. The van der Waals surface area contributed by atoms with E-state index < -0.39 is 5.97 Å². The van der Waals surface area contributed by atoms with Gasteiger partial charge in [0.05, 0.1) is 7.11 Å². The van der Waals surface area contributed by atoms with Crippen LogP contribution in [0.5, 0.6) is 17.2 Å². The minimum Gasteiger partial charge on any atom is -0.497 e. The topological polar surface area (TPSA) is 66.3 Å². The van der Waals surface area contributed by atoms with Crippen LogP contribution in [0.4, 0.5) is 0 Å². The predicted molar refractivity (Wildman–Crippen MR) is 86.2 cm³/mol. The van der Waals surface area contributed by atoms with Crippen LogP contribution in [0.15, 0.2) is 53.2 Å². The molecule has 6 nitrogen and oxygen atoms in total. The molecule has 6 heteroatoms. The lowest BCUT2D eigenvalue weighted by Crippen LogP contribution is -2.05. The zero-order valence-electron chi connectivity index (χ0n) is 12.8. The summed E-state index contributed by atoms with van der Waals surface area (Å²) in [5.41, 5.74) is 1.73. The van der Waals surface area contributed by atoms with Gasteiger partial charge in [-0.05, 0) is 42.0 Å². The van der Waals surface area contributed by atoms with Crippen molar-refractivity contribution in [2.45, 2.75) is 0 Å². The maximum absolute atomic E-state index is 12.0. The Labute approximate surface area is 137 Å². The number of ether oxygens (including phenoxy) is 4. The van der Waals surface area contributed by atoms with E-state index in [0.29, 0.717) is 17.1 Å². The number of carbonyl (C=O) groups is 1. The van der Waals surface area contributed by atoms with E-state index in [9.17, 15) is 4.79 Å². The molecule has 0 aromatic heterocycles. The lowest BCUT2D eigenvalue weighted by atomic mass is 10.2. The fraction of sp³-hybridized carbons (Fsp3) is 0.111. The van der Waals surface area contributed by atoms with Crippen LogP contribution in [0.3, 0.4) is 0 Å². The van der Waals surface area contributed by atoms with Crippen LogP contribution in [0.2, 0.25) is 0 Å². The second-order valence-electron chi connectivity index (χ2n) is 5.18. The lowest BCUT2D eigenvalue weighted by molar-refractivity contribution is -0.129. The highest BCUT2D eigenvalue weighted by Gasteiger charge is 2.25. The van der Waals surface area contributed by atoms with Crippen LogP contribution in [-0.4, -0.2) is 25.8 Å². The number of hydrogen-bond acceptors (Lipinski definition) is 6. The van der Waals surface area contributed by atoms with Crippen LogP contribution in [0, 0.1) is 0 Å². The zero-order valence-corrected chi connectivity index (χ0v) is 12.8. The van der Waals surface area contributed by atoms with E-state index in [4.69, 9.17) is 18.9 Å². The maximum atomic E-state index is 12.0. The van der Waals surface area contributed by atoms with E-state index in [-0.39, 0.29) is 18.4 Å². The van der Waals surface area contributed by atoms with Crippen LogP contribution in [0.25, 0.3) is 6.08 Å². The van der Waals surface area contributed by atoms with E-state index in [1.807, 2.05) is 24.3 Å². The Morgan fingerprint density at radius 2 is 1.88 bits per heavy atom. The van der Waals surface area contributed by atoms with Crippen molar-refractivity contribution in [3.05, 3.63) is 59.3 Å². The minimum atomic E-state index is -0.488. The Kier molecular flexibility index (Phi) is 3.42. The number of benzene rings is 2. The lowest BCUT2D eigenvalue weighted by Gasteiger charge is -2.01. The van der Waals surface area contributed by atoms with Gasteiger partial charge in [0.2, 0.25) is 12.7 Å². The molecule has 0 fully saturated rings. The Bertz CT molecular complexity index is 867. The third kappa shape index (κ3) is 2.58. The number of methoxy groups -OCH3 is 1. The van der Waals surface area contributed by atoms with Gasteiger partial charge in [-0.15, -0.1) is 0 Å². The van der Waals surface area contributed by atoms with E-state index in [1.54, 1.807) is 31.4 Å². The number of aliphatic imine (C=N–C) groups is 1.